The number of rotatable bonds is 7. The van der Waals surface area contributed by atoms with Crippen molar-refractivity contribution >= 4 is 15.7 Å². The third-order valence-corrected chi connectivity index (χ3v) is 5.74. The van der Waals surface area contributed by atoms with Gasteiger partial charge < -0.3 is 9.64 Å². The van der Waals surface area contributed by atoms with E-state index >= 15 is 0 Å². The van der Waals surface area contributed by atoms with Gasteiger partial charge in [-0.15, -0.1) is 0 Å². The lowest BCUT2D eigenvalue weighted by Crippen LogP contribution is -2.23. The van der Waals surface area contributed by atoms with Crippen LogP contribution in [0.4, 0.5) is 5.69 Å². The van der Waals surface area contributed by atoms with Crippen molar-refractivity contribution in [1.29, 1.82) is 0 Å². The van der Waals surface area contributed by atoms with Gasteiger partial charge in [0.1, 0.15) is 5.75 Å². The fourth-order valence-electron chi connectivity index (χ4n) is 2.94. The van der Waals surface area contributed by atoms with Gasteiger partial charge in [0.25, 0.3) is 0 Å². The molecular weight excluding hydrogens is 336 g/mol. The Hall–Kier alpha value is -2.05. The largest absolute Gasteiger partial charge is 0.494 e. The molecule has 0 unspecified atom stereocenters. The highest BCUT2D eigenvalue weighted by Crippen LogP contribution is 2.21. The Bertz CT molecular complexity index is 780. The summed E-state index contributed by atoms with van der Waals surface area (Å²) in [6.07, 6.45) is 2.48. The minimum atomic E-state index is -3.53. The van der Waals surface area contributed by atoms with Crippen molar-refractivity contribution < 1.29 is 13.2 Å². The average Bonchev–Trinajstić information content (AvgIpc) is 3.16. The number of benzene rings is 2. The molecule has 0 amide bonds. The molecule has 0 radical (unpaired) electrons. The Morgan fingerprint density at radius 1 is 1.00 bits per heavy atom. The Morgan fingerprint density at radius 2 is 1.64 bits per heavy atom. The first-order chi connectivity index (χ1) is 12.1. The molecule has 1 aliphatic rings. The highest BCUT2D eigenvalue weighted by molar-refractivity contribution is 7.89. The van der Waals surface area contributed by atoms with Gasteiger partial charge in [0.15, 0.2) is 0 Å². The second-order valence-corrected chi connectivity index (χ2v) is 7.86. The fraction of sp³-hybridized carbons (Fsp3) is 0.368. The quantitative estimate of drug-likeness (QED) is 0.824. The SMILES string of the molecule is CCOc1ccc(S(=O)(=O)NCc2ccc(N3CCCC3)cc2)cc1. The van der Waals surface area contributed by atoms with Crippen LogP contribution >= 0.6 is 0 Å². The Morgan fingerprint density at radius 3 is 2.24 bits per heavy atom. The Labute approximate surface area is 149 Å². The molecular formula is C19H24N2O3S. The van der Waals surface area contributed by atoms with Crippen LogP contribution in [0.1, 0.15) is 25.3 Å². The van der Waals surface area contributed by atoms with E-state index in [2.05, 4.69) is 21.8 Å². The van der Waals surface area contributed by atoms with Crippen LogP contribution in [0.3, 0.4) is 0 Å². The molecule has 2 aromatic carbocycles. The van der Waals surface area contributed by atoms with Crippen LogP contribution in [0.2, 0.25) is 0 Å². The molecule has 134 valence electrons. The van der Waals surface area contributed by atoms with Crippen LogP contribution in [-0.2, 0) is 16.6 Å². The van der Waals surface area contributed by atoms with Gasteiger partial charge in [-0.2, -0.15) is 0 Å². The van der Waals surface area contributed by atoms with Gasteiger partial charge in [-0.05, 0) is 61.7 Å². The van der Waals surface area contributed by atoms with Crippen LogP contribution in [0.15, 0.2) is 53.4 Å². The summed E-state index contributed by atoms with van der Waals surface area (Å²) in [5.74, 6) is 0.666. The monoisotopic (exact) mass is 360 g/mol. The molecule has 1 N–H and O–H groups in total. The molecule has 5 nitrogen and oxygen atoms in total. The third kappa shape index (κ3) is 4.52. The lowest BCUT2D eigenvalue weighted by Gasteiger charge is -2.17. The first kappa shape index (κ1) is 17.8. The minimum Gasteiger partial charge on any atom is -0.494 e. The lowest BCUT2D eigenvalue weighted by atomic mass is 10.2. The molecule has 25 heavy (non-hydrogen) atoms. The number of nitrogens with one attached hydrogen (secondary N) is 1. The normalized spacial score (nSPS) is 14.7. The van der Waals surface area contributed by atoms with Crippen LogP contribution in [0.25, 0.3) is 0 Å². The zero-order valence-corrected chi connectivity index (χ0v) is 15.3. The molecule has 0 saturated carbocycles. The summed E-state index contributed by atoms with van der Waals surface area (Å²) in [6, 6.07) is 14.5. The highest BCUT2D eigenvalue weighted by atomic mass is 32.2. The standard InChI is InChI=1S/C19H24N2O3S/c1-2-24-18-9-11-19(12-10-18)25(22,23)20-15-16-5-7-17(8-6-16)21-13-3-4-14-21/h5-12,20H,2-4,13-15H2,1H3. The fourth-order valence-corrected chi connectivity index (χ4v) is 3.96. The van der Waals surface area contributed by atoms with E-state index in [4.69, 9.17) is 4.74 Å². The van der Waals surface area contributed by atoms with E-state index in [0.717, 1.165) is 18.7 Å². The molecule has 0 bridgehead atoms. The maximum Gasteiger partial charge on any atom is 0.240 e. The van der Waals surface area contributed by atoms with E-state index in [0.29, 0.717) is 12.4 Å². The van der Waals surface area contributed by atoms with Gasteiger partial charge in [-0.3, -0.25) is 0 Å². The summed E-state index contributed by atoms with van der Waals surface area (Å²) in [5.41, 5.74) is 2.15. The summed E-state index contributed by atoms with van der Waals surface area (Å²) >= 11 is 0. The molecule has 3 rings (SSSR count). The average molecular weight is 360 g/mol. The van der Waals surface area contributed by atoms with Crippen molar-refractivity contribution in [3.05, 3.63) is 54.1 Å². The predicted octanol–water partition coefficient (Wildman–Crippen LogP) is 3.16. The maximum absolute atomic E-state index is 12.4. The smallest absolute Gasteiger partial charge is 0.240 e. The van der Waals surface area contributed by atoms with Crippen LogP contribution in [0.5, 0.6) is 5.75 Å². The van der Waals surface area contributed by atoms with Gasteiger partial charge in [0, 0.05) is 25.3 Å². The molecule has 2 aromatic rings. The summed E-state index contributed by atoms with van der Waals surface area (Å²) < 4.78 is 32.8. The molecule has 1 fully saturated rings. The first-order valence-corrected chi connectivity index (χ1v) is 10.1. The number of anilines is 1. The lowest BCUT2D eigenvalue weighted by molar-refractivity contribution is 0.340. The number of hydrogen-bond acceptors (Lipinski definition) is 4. The second kappa shape index (κ2) is 7.89. The summed E-state index contributed by atoms with van der Waals surface area (Å²) in [7, 11) is -3.53. The first-order valence-electron chi connectivity index (χ1n) is 8.65. The van der Waals surface area contributed by atoms with Crippen molar-refractivity contribution in [2.24, 2.45) is 0 Å². The summed E-state index contributed by atoms with van der Waals surface area (Å²) in [6.45, 7) is 4.92. The molecule has 6 heteroatoms. The molecule has 0 aliphatic carbocycles. The minimum absolute atomic E-state index is 0.240. The summed E-state index contributed by atoms with van der Waals surface area (Å²) in [5, 5.41) is 0. The zero-order valence-electron chi connectivity index (χ0n) is 14.4. The summed E-state index contributed by atoms with van der Waals surface area (Å²) in [4.78, 5) is 2.60. The van der Waals surface area contributed by atoms with Crippen molar-refractivity contribution in [3.63, 3.8) is 0 Å². The van der Waals surface area contributed by atoms with Gasteiger partial charge >= 0.3 is 0 Å². The van der Waals surface area contributed by atoms with E-state index in [-0.39, 0.29) is 11.4 Å². The van der Waals surface area contributed by atoms with E-state index in [1.165, 1.54) is 18.5 Å². The maximum atomic E-state index is 12.4. The molecule has 0 aromatic heterocycles. The van der Waals surface area contributed by atoms with Gasteiger partial charge in [0.05, 0.1) is 11.5 Å². The number of sulfonamides is 1. The van der Waals surface area contributed by atoms with E-state index in [1.807, 2.05) is 19.1 Å². The molecule has 0 spiro atoms. The molecule has 1 heterocycles. The van der Waals surface area contributed by atoms with Gasteiger partial charge in [-0.25, -0.2) is 13.1 Å². The topological polar surface area (TPSA) is 58.6 Å². The molecule has 1 saturated heterocycles. The zero-order chi connectivity index (χ0) is 17.7. The van der Waals surface area contributed by atoms with E-state index < -0.39 is 10.0 Å². The third-order valence-electron chi connectivity index (χ3n) is 4.32. The Kier molecular flexibility index (Phi) is 5.60. The highest BCUT2D eigenvalue weighted by Gasteiger charge is 2.15. The van der Waals surface area contributed by atoms with Crippen molar-refractivity contribution in [2.45, 2.75) is 31.2 Å². The van der Waals surface area contributed by atoms with Crippen LogP contribution in [-0.4, -0.2) is 28.1 Å². The predicted molar refractivity (Wildman–Crippen MR) is 99.5 cm³/mol. The van der Waals surface area contributed by atoms with Crippen molar-refractivity contribution in [2.75, 3.05) is 24.6 Å². The molecule has 1 aliphatic heterocycles. The van der Waals surface area contributed by atoms with Crippen molar-refractivity contribution in [3.8, 4) is 5.75 Å². The van der Waals surface area contributed by atoms with Gasteiger partial charge in [0.2, 0.25) is 10.0 Å². The van der Waals surface area contributed by atoms with E-state index in [1.54, 1.807) is 24.3 Å². The molecule has 0 atom stereocenters. The van der Waals surface area contributed by atoms with Crippen LogP contribution < -0.4 is 14.4 Å². The van der Waals surface area contributed by atoms with Gasteiger partial charge in [-0.1, -0.05) is 12.1 Å². The second-order valence-electron chi connectivity index (χ2n) is 6.09. The van der Waals surface area contributed by atoms with E-state index in [9.17, 15) is 8.42 Å². The number of hydrogen-bond donors (Lipinski definition) is 1. The number of nitrogens with zero attached hydrogens (tertiary/aromatic N) is 1. The van der Waals surface area contributed by atoms with Crippen molar-refractivity contribution in [1.82, 2.24) is 4.72 Å². The number of ether oxygens (including phenoxy) is 1. The Balaban J connectivity index is 1.61. The van der Waals surface area contributed by atoms with Crippen LogP contribution in [0, 0.1) is 0 Å².